The minimum atomic E-state index is -3.19. The van der Waals surface area contributed by atoms with Crippen LogP contribution in [0.4, 0.5) is 11.5 Å². The van der Waals surface area contributed by atoms with Gasteiger partial charge in [-0.2, -0.15) is 0 Å². The summed E-state index contributed by atoms with van der Waals surface area (Å²) in [6.45, 7) is 5.58. The molecule has 0 aliphatic rings. The molecule has 0 aliphatic carbocycles. The standard InChI is InChI=1S/C22H24N4O4S3/c1-22(2,3)32(27)20-10-15-16(11-18(20)30-7-8-33(4,28)29)23-12-24-21(15)26-14-5-6-19-17(9-14)25-13-31-19/h5-6,9-13H,7-8H2,1-4H3,(H,23,24,26). The number of nitrogens with zero attached hydrogens (tertiary/aromatic N) is 3. The van der Waals surface area contributed by atoms with Gasteiger partial charge in [-0.05, 0) is 50.1 Å². The molecule has 8 nitrogen and oxygen atoms in total. The van der Waals surface area contributed by atoms with E-state index in [4.69, 9.17) is 4.74 Å². The lowest BCUT2D eigenvalue weighted by Gasteiger charge is -2.25. The first-order chi connectivity index (χ1) is 15.5. The Labute approximate surface area is 199 Å². The number of aromatic nitrogens is 3. The number of rotatable bonds is 7. The molecule has 11 heteroatoms. The molecule has 1 N–H and O–H groups in total. The van der Waals surface area contributed by atoms with E-state index in [0.717, 1.165) is 22.2 Å². The second kappa shape index (κ2) is 9.05. The summed E-state index contributed by atoms with van der Waals surface area (Å²) < 4.78 is 42.7. The summed E-state index contributed by atoms with van der Waals surface area (Å²) in [4.78, 5) is 13.6. The molecular weight excluding hydrogens is 480 g/mol. The van der Waals surface area contributed by atoms with Gasteiger partial charge in [-0.1, -0.05) is 0 Å². The Kier molecular flexibility index (Phi) is 6.50. The maximum atomic E-state index is 13.3. The number of anilines is 2. The van der Waals surface area contributed by atoms with E-state index in [0.29, 0.717) is 27.4 Å². The summed E-state index contributed by atoms with van der Waals surface area (Å²) in [7, 11) is -3.19. The predicted octanol–water partition coefficient (Wildman–Crippen LogP) is 4.31. The van der Waals surface area contributed by atoms with Crippen LogP contribution in [0.1, 0.15) is 20.8 Å². The van der Waals surface area contributed by atoms with Crippen molar-refractivity contribution in [2.24, 2.45) is 0 Å². The van der Waals surface area contributed by atoms with Gasteiger partial charge >= 0.3 is 0 Å². The van der Waals surface area contributed by atoms with Crippen LogP contribution in [0.5, 0.6) is 5.75 Å². The topological polar surface area (TPSA) is 117 Å². The summed E-state index contributed by atoms with van der Waals surface area (Å²) in [5.74, 6) is 0.778. The Balaban J connectivity index is 1.76. The fraction of sp³-hybridized carbons (Fsp3) is 0.318. The van der Waals surface area contributed by atoms with Crippen LogP contribution in [0.15, 0.2) is 47.1 Å². The SMILES string of the molecule is CC(C)(C)[S+]([O-])c1cc2c(Nc3ccc4scnc4c3)ncnc2cc1OCCS(C)(=O)=O. The van der Waals surface area contributed by atoms with E-state index in [9.17, 15) is 13.0 Å². The van der Waals surface area contributed by atoms with Gasteiger partial charge in [-0.3, -0.25) is 0 Å². The monoisotopic (exact) mass is 504 g/mol. The zero-order valence-electron chi connectivity index (χ0n) is 18.7. The highest BCUT2D eigenvalue weighted by molar-refractivity contribution is 7.92. The van der Waals surface area contributed by atoms with Gasteiger partial charge in [-0.15, -0.1) is 11.3 Å². The number of hydrogen-bond acceptors (Lipinski definition) is 9. The van der Waals surface area contributed by atoms with Crippen molar-refractivity contribution in [2.45, 2.75) is 30.4 Å². The van der Waals surface area contributed by atoms with E-state index < -0.39 is 25.8 Å². The fourth-order valence-electron chi connectivity index (χ4n) is 3.13. The lowest BCUT2D eigenvalue weighted by atomic mass is 10.2. The molecule has 2 heterocycles. The third kappa shape index (κ3) is 5.55. The van der Waals surface area contributed by atoms with Gasteiger partial charge in [0.05, 0.1) is 27.0 Å². The first kappa shape index (κ1) is 23.7. The molecule has 0 bridgehead atoms. The van der Waals surface area contributed by atoms with Gasteiger partial charge in [0.1, 0.15) is 23.5 Å². The summed E-state index contributed by atoms with van der Waals surface area (Å²) >= 11 is 0.145. The second-order valence-electron chi connectivity index (χ2n) is 8.56. The normalized spacial score (nSPS) is 13.4. The van der Waals surface area contributed by atoms with Gasteiger partial charge in [0.15, 0.2) is 20.5 Å². The van der Waals surface area contributed by atoms with Crippen molar-refractivity contribution in [3.05, 3.63) is 42.2 Å². The molecule has 1 atom stereocenters. The minimum absolute atomic E-state index is 0.0392. The maximum Gasteiger partial charge on any atom is 0.195 e. The summed E-state index contributed by atoms with van der Waals surface area (Å²) in [5.41, 5.74) is 4.10. The van der Waals surface area contributed by atoms with Crippen LogP contribution in [0.25, 0.3) is 21.1 Å². The number of thiazole rings is 1. The molecule has 0 spiro atoms. The molecule has 33 heavy (non-hydrogen) atoms. The highest BCUT2D eigenvalue weighted by Gasteiger charge is 2.32. The van der Waals surface area contributed by atoms with Crippen molar-refractivity contribution in [1.29, 1.82) is 0 Å². The van der Waals surface area contributed by atoms with Crippen LogP contribution >= 0.6 is 11.3 Å². The number of nitrogens with one attached hydrogen (secondary N) is 1. The Morgan fingerprint density at radius 2 is 1.91 bits per heavy atom. The minimum Gasteiger partial charge on any atom is -0.611 e. The zero-order chi connectivity index (χ0) is 23.8. The number of hydrogen-bond donors (Lipinski definition) is 1. The second-order valence-corrected chi connectivity index (χ2v) is 13.9. The van der Waals surface area contributed by atoms with Gasteiger partial charge in [0, 0.05) is 29.5 Å². The molecule has 0 saturated carbocycles. The van der Waals surface area contributed by atoms with E-state index in [1.807, 2.05) is 39.0 Å². The third-order valence-corrected chi connectivity index (χ3v) is 8.31. The molecule has 4 rings (SSSR count). The molecule has 0 saturated heterocycles. The molecule has 174 valence electrons. The average Bonchev–Trinajstić information content (AvgIpc) is 3.19. The van der Waals surface area contributed by atoms with Crippen molar-refractivity contribution >= 4 is 65.0 Å². The molecule has 0 fully saturated rings. The smallest absolute Gasteiger partial charge is 0.195 e. The largest absolute Gasteiger partial charge is 0.611 e. The van der Waals surface area contributed by atoms with Crippen LogP contribution < -0.4 is 10.1 Å². The Morgan fingerprint density at radius 3 is 2.64 bits per heavy atom. The van der Waals surface area contributed by atoms with Crippen LogP contribution in [0.3, 0.4) is 0 Å². The number of sulfone groups is 1. The molecule has 1 unspecified atom stereocenters. The molecule has 2 aromatic carbocycles. The first-order valence-corrected chi connectivity index (χ1v) is 14.2. The van der Waals surface area contributed by atoms with Crippen molar-refractivity contribution in [3.63, 3.8) is 0 Å². The van der Waals surface area contributed by atoms with E-state index >= 15 is 0 Å². The van der Waals surface area contributed by atoms with E-state index in [1.54, 1.807) is 29.0 Å². The summed E-state index contributed by atoms with van der Waals surface area (Å²) in [6, 6.07) is 9.33. The molecule has 0 radical (unpaired) electrons. The third-order valence-electron chi connectivity index (χ3n) is 4.76. The van der Waals surface area contributed by atoms with Gasteiger partial charge in [0.25, 0.3) is 0 Å². The highest BCUT2D eigenvalue weighted by atomic mass is 32.2. The fourth-order valence-corrected chi connectivity index (χ4v) is 5.36. The van der Waals surface area contributed by atoms with E-state index in [1.165, 1.54) is 6.33 Å². The molecule has 0 aliphatic heterocycles. The maximum absolute atomic E-state index is 13.3. The van der Waals surface area contributed by atoms with Crippen molar-refractivity contribution in [1.82, 2.24) is 15.0 Å². The summed E-state index contributed by atoms with van der Waals surface area (Å²) in [5, 5.41) is 3.99. The molecule has 2 aromatic heterocycles. The Bertz CT molecular complexity index is 1410. The van der Waals surface area contributed by atoms with Gasteiger partial charge in [-0.25, -0.2) is 23.4 Å². The van der Waals surface area contributed by atoms with E-state index in [2.05, 4.69) is 20.3 Å². The van der Waals surface area contributed by atoms with Crippen molar-refractivity contribution in [3.8, 4) is 5.75 Å². The Hall–Kier alpha value is -2.47. The Morgan fingerprint density at radius 1 is 1.12 bits per heavy atom. The first-order valence-electron chi connectivity index (χ1n) is 10.1. The van der Waals surface area contributed by atoms with Gasteiger partial charge < -0.3 is 14.6 Å². The van der Waals surface area contributed by atoms with Crippen LogP contribution in [0, 0.1) is 0 Å². The van der Waals surface area contributed by atoms with Crippen molar-refractivity contribution < 1.29 is 17.7 Å². The van der Waals surface area contributed by atoms with Crippen LogP contribution in [0.2, 0.25) is 0 Å². The van der Waals surface area contributed by atoms with E-state index in [-0.39, 0.29) is 12.4 Å². The number of benzene rings is 2. The molecule has 4 aromatic rings. The molecular formula is C22H24N4O4S3. The summed E-state index contributed by atoms with van der Waals surface area (Å²) in [6.07, 6.45) is 2.59. The molecule has 0 amide bonds. The highest BCUT2D eigenvalue weighted by Crippen LogP contribution is 2.37. The average molecular weight is 505 g/mol. The quantitative estimate of drug-likeness (QED) is 0.370. The van der Waals surface area contributed by atoms with Crippen molar-refractivity contribution in [2.75, 3.05) is 23.9 Å². The number of fused-ring (bicyclic) bond motifs is 2. The lowest BCUT2D eigenvalue weighted by molar-refractivity contribution is 0.332. The lowest BCUT2D eigenvalue weighted by Crippen LogP contribution is -2.28. The number of ether oxygens (including phenoxy) is 1. The van der Waals surface area contributed by atoms with Crippen LogP contribution in [-0.2, 0) is 21.0 Å². The van der Waals surface area contributed by atoms with Gasteiger partial charge in [0.2, 0.25) is 0 Å². The zero-order valence-corrected chi connectivity index (χ0v) is 21.1. The van der Waals surface area contributed by atoms with Crippen LogP contribution in [-0.4, -0.2) is 51.3 Å². The predicted molar refractivity (Wildman–Crippen MR) is 134 cm³/mol.